The number of aromatic nitrogens is 1. The number of anilines is 3. The molecule has 0 saturated carbocycles. The fourth-order valence-corrected chi connectivity index (χ4v) is 3.69. The van der Waals surface area contributed by atoms with Crippen molar-refractivity contribution in [3.63, 3.8) is 0 Å². The van der Waals surface area contributed by atoms with Crippen LogP contribution in [0.4, 0.5) is 17.2 Å². The molecule has 0 atom stereocenters. The molecule has 0 spiro atoms. The number of fused-ring (bicyclic) bond motifs is 1. The van der Waals surface area contributed by atoms with Crippen LogP contribution in [-0.4, -0.2) is 19.2 Å². The first-order valence-corrected chi connectivity index (χ1v) is 10.0. The van der Waals surface area contributed by atoms with Gasteiger partial charge in [0.1, 0.15) is 17.3 Å². The summed E-state index contributed by atoms with van der Waals surface area (Å²) in [6, 6.07) is 24.0. The Morgan fingerprint density at radius 3 is 1.77 bits per heavy atom. The SMILES string of the molecule is COc1ccc(CN(Cc2ccc(OC)cc2)c2c(N)c(N)nc3ccccc23)cc1. The molecule has 6 nitrogen and oxygen atoms in total. The Kier molecular flexibility index (Phi) is 5.80. The number of ether oxygens (including phenoxy) is 2. The predicted molar refractivity (Wildman–Crippen MR) is 126 cm³/mol. The summed E-state index contributed by atoms with van der Waals surface area (Å²) < 4.78 is 10.6. The van der Waals surface area contributed by atoms with Crippen molar-refractivity contribution in [3.05, 3.63) is 83.9 Å². The Balaban J connectivity index is 1.79. The van der Waals surface area contributed by atoms with Gasteiger partial charge < -0.3 is 25.8 Å². The summed E-state index contributed by atoms with van der Waals surface area (Å²) in [6.07, 6.45) is 0. The fraction of sp³-hybridized carbons (Fsp3) is 0.160. The Morgan fingerprint density at radius 2 is 1.26 bits per heavy atom. The molecule has 0 saturated heterocycles. The predicted octanol–water partition coefficient (Wildman–Crippen LogP) is 4.62. The molecule has 3 aromatic carbocycles. The molecule has 31 heavy (non-hydrogen) atoms. The number of para-hydroxylation sites is 1. The topological polar surface area (TPSA) is 86.6 Å². The van der Waals surface area contributed by atoms with Crippen molar-refractivity contribution < 1.29 is 9.47 Å². The van der Waals surface area contributed by atoms with E-state index in [2.05, 4.69) is 34.1 Å². The molecule has 0 aliphatic heterocycles. The van der Waals surface area contributed by atoms with Gasteiger partial charge in [-0.2, -0.15) is 0 Å². The molecule has 4 N–H and O–H groups in total. The lowest BCUT2D eigenvalue weighted by Gasteiger charge is -2.28. The van der Waals surface area contributed by atoms with Gasteiger partial charge in [-0.15, -0.1) is 0 Å². The average molecular weight is 415 g/mol. The van der Waals surface area contributed by atoms with Crippen LogP contribution in [0.1, 0.15) is 11.1 Å². The molecular weight excluding hydrogens is 388 g/mol. The monoisotopic (exact) mass is 414 g/mol. The minimum absolute atomic E-state index is 0.336. The first kappa shape index (κ1) is 20.3. The molecule has 4 rings (SSSR count). The highest BCUT2D eigenvalue weighted by molar-refractivity contribution is 6.01. The molecular formula is C25H26N4O2. The standard InChI is InChI=1S/C25H26N4O2/c1-30-19-11-7-17(8-12-19)15-29(16-18-9-13-20(31-2)14-10-18)24-21-5-3-4-6-22(21)28-25(27)23(24)26/h3-14H,15-16,26H2,1-2H3,(H2,27,28). The molecule has 1 heterocycles. The lowest BCUT2D eigenvalue weighted by atomic mass is 10.1. The molecule has 0 aliphatic carbocycles. The van der Waals surface area contributed by atoms with E-state index in [1.54, 1.807) is 14.2 Å². The van der Waals surface area contributed by atoms with Gasteiger partial charge >= 0.3 is 0 Å². The van der Waals surface area contributed by atoms with Gasteiger partial charge in [-0.1, -0.05) is 42.5 Å². The second-order valence-electron chi connectivity index (χ2n) is 7.33. The third-order valence-corrected chi connectivity index (χ3v) is 5.31. The molecule has 158 valence electrons. The van der Waals surface area contributed by atoms with E-state index in [1.165, 1.54) is 0 Å². The van der Waals surface area contributed by atoms with Crippen LogP contribution in [-0.2, 0) is 13.1 Å². The smallest absolute Gasteiger partial charge is 0.149 e. The molecule has 0 unspecified atom stereocenters. The first-order chi connectivity index (χ1) is 15.1. The van der Waals surface area contributed by atoms with Crippen LogP contribution in [0.25, 0.3) is 10.9 Å². The van der Waals surface area contributed by atoms with E-state index in [0.29, 0.717) is 24.6 Å². The van der Waals surface area contributed by atoms with E-state index < -0.39 is 0 Å². The van der Waals surface area contributed by atoms with Crippen LogP contribution < -0.4 is 25.8 Å². The minimum atomic E-state index is 0.336. The minimum Gasteiger partial charge on any atom is -0.497 e. The molecule has 0 radical (unpaired) electrons. The van der Waals surface area contributed by atoms with Crippen molar-refractivity contribution >= 4 is 28.1 Å². The Hall–Kier alpha value is -3.93. The molecule has 0 amide bonds. The van der Waals surface area contributed by atoms with Crippen LogP contribution in [0.2, 0.25) is 0 Å². The highest BCUT2D eigenvalue weighted by atomic mass is 16.5. The van der Waals surface area contributed by atoms with Gasteiger partial charge in [0.05, 0.1) is 31.1 Å². The second kappa shape index (κ2) is 8.83. The zero-order chi connectivity index (χ0) is 21.8. The van der Waals surface area contributed by atoms with Crippen molar-refractivity contribution in [2.75, 3.05) is 30.6 Å². The molecule has 0 fully saturated rings. The number of nitrogen functional groups attached to an aromatic ring is 2. The highest BCUT2D eigenvalue weighted by Crippen LogP contribution is 2.37. The van der Waals surface area contributed by atoms with E-state index >= 15 is 0 Å². The maximum absolute atomic E-state index is 6.48. The summed E-state index contributed by atoms with van der Waals surface area (Å²) in [7, 11) is 3.33. The van der Waals surface area contributed by atoms with Crippen LogP contribution >= 0.6 is 0 Å². The van der Waals surface area contributed by atoms with Gasteiger partial charge in [-0.3, -0.25) is 0 Å². The third-order valence-electron chi connectivity index (χ3n) is 5.31. The summed E-state index contributed by atoms with van der Waals surface area (Å²) in [6.45, 7) is 1.29. The fourth-order valence-electron chi connectivity index (χ4n) is 3.69. The molecule has 1 aromatic heterocycles. The maximum Gasteiger partial charge on any atom is 0.149 e. The maximum atomic E-state index is 6.48. The van der Waals surface area contributed by atoms with Gasteiger partial charge in [0.15, 0.2) is 0 Å². The van der Waals surface area contributed by atoms with Gasteiger partial charge in [0, 0.05) is 18.5 Å². The number of rotatable bonds is 7. The van der Waals surface area contributed by atoms with Gasteiger partial charge in [0.25, 0.3) is 0 Å². The van der Waals surface area contributed by atoms with Crippen LogP contribution in [0.3, 0.4) is 0 Å². The zero-order valence-corrected chi connectivity index (χ0v) is 17.7. The molecule has 0 bridgehead atoms. The zero-order valence-electron chi connectivity index (χ0n) is 17.7. The van der Waals surface area contributed by atoms with Crippen LogP contribution in [0.5, 0.6) is 11.5 Å². The number of benzene rings is 3. The largest absolute Gasteiger partial charge is 0.497 e. The molecule has 4 aromatic rings. The van der Waals surface area contributed by atoms with E-state index in [-0.39, 0.29) is 0 Å². The molecule has 0 aliphatic rings. The summed E-state index contributed by atoms with van der Waals surface area (Å²) in [5, 5.41) is 0.969. The highest BCUT2D eigenvalue weighted by Gasteiger charge is 2.18. The lowest BCUT2D eigenvalue weighted by molar-refractivity contribution is 0.414. The average Bonchev–Trinajstić information content (AvgIpc) is 2.80. The van der Waals surface area contributed by atoms with E-state index in [9.17, 15) is 0 Å². The Bertz CT molecular complexity index is 1130. The van der Waals surface area contributed by atoms with Crippen molar-refractivity contribution in [2.24, 2.45) is 0 Å². The summed E-state index contributed by atoms with van der Waals surface area (Å²) in [5.74, 6) is 1.98. The van der Waals surface area contributed by atoms with Crippen LogP contribution in [0, 0.1) is 0 Å². The lowest BCUT2D eigenvalue weighted by Crippen LogP contribution is -2.24. The molecule has 6 heteroatoms. The van der Waals surface area contributed by atoms with Crippen molar-refractivity contribution in [3.8, 4) is 11.5 Å². The normalized spacial score (nSPS) is 10.8. The first-order valence-electron chi connectivity index (χ1n) is 10.0. The van der Waals surface area contributed by atoms with Crippen LogP contribution in [0.15, 0.2) is 72.8 Å². The summed E-state index contributed by atoms with van der Waals surface area (Å²) in [4.78, 5) is 6.71. The number of nitrogens with two attached hydrogens (primary N) is 2. The van der Waals surface area contributed by atoms with E-state index in [0.717, 1.165) is 39.2 Å². The number of pyridine rings is 1. The number of hydrogen-bond donors (Lipinski definition) is 2. The van der Waals surface area contributed by atoms with Gasteiger partial charge in [-0.05, 0) is 41.5 Å². The number of methoxy groups -OCH3 is 2. The van der Waals surface area contributed by atoms with Crippen molar-refractivity contribution in [1.82, 2.24) is 4.98 Å². The second-order valence-corrected chi connectivity index (χ2v) is 7.33. The van der Waals surface area contributed by atoms with E-state index in [4.69, 9.17) is 20.9 Å². The summed E-state index contributed by atoms with van der Waals surface area (Å²) >= 11 is 0. The number of nitrogens with zero attached hydrogens (tertiary/aromatic N) is 2. The Morgan fingerprint density at radius 1 is 0.742 bits per heavy atom. The van der Waals surface area contributed by atoms with Gasteiger partial charge in [-0.25, -0.2) is 4.98 Å². The quantitative estimate of drug-likeness (QED) is 0.459. The van der Waals surface area contributed by atoms with Gasteiger partial charge in [0.2, 0.25) is 0 Å². The Labute approximate surface area is 182 Å². The number of hydrogen-bond acceptors (Lipinski definition) is 6. The summed E-state index contributed by atoms with van der Waals surface area (Å²) in [5.41, 5.74) is 17.1. The van der Waals surface area contributed by atoms with Crippen molar-refractivity contribution in [2.45, 2.75) is 13.1 Å². The van der Waals surface area contributed by atoms with E-state index in [1.807, 2.05) is 48.5 Å². The third kappa shape index (κ3) is 4.33. The van der Waals surface area contributed by atoms with Crippen molar-refractivity contribution in [1.29, 1.82) is 0 Å².